The van der Waals surface area contributed by atoms with Gasteiger partial charge in [0.05, 0.1) is 4.90 Å². The molecule has 0 aromatic heterocycles. The Labute approximate surface area is 118 Å². The van der Waals surface area contributed by atoms with Crippen LogP contribution in [0.15, 0.2) is 23.1 Å². The lowest BCUT2D eigenvalue weighted by Gasteiger charge is -2.12. The summed E-state index contributed by atoms with van der Waals surface area (Å²) in [5.74, 6) is 0.229. The number of benzene rings is 1. The minimum Gasteiger partial charge on any atom is -0.327 e. The number of carbonyl (C=O) groups is 1. The maximum absolute atomic E-state index is 11.8. The third kappa shape index (κ3) is 3.78. The van der Waals surface area contributed by atoms with Crippen LogP contribution in [-0.4, -0.2) is 20.4 Å². The molecule has 7 heteroatoms. The molecule has 110 valence electrons. The van der Waals surface area contributed by atoms with Gasteiger partial charge in [-0.05, 0) is 43.4 Å². The summed E-state index contributed by atoms with van der Waals surface area (Å²) < 4.78 is 22.8. The number of hydrogen-bond acceptors (Lipinski definition) is 4. The van der Waals surface area contributed by atoms with E-state index in [0.717, 1.165) is 12.8 Å². The quantitative estimate of drug-likeness (QED) is 0.742. The largest absolute Gasteiger partial charge is 0.327 e. The van der Waals surface area contributed by atoms with Crippen LogP contribution in [0.2, 0.25) is 0 Å². The fourth-order valence-electron chi connectivity index (χ4n) is 2.10. The van der Waals surface area contributed by atoms with Crippen molar-refractivity contribution < 1.29 is 13.2 Å². The predicted octanol–water partition coefficient (Wildman–Crippen LogP) is 0.708. The Balaban J connectivity index is 2.07. The van der Waals surface area contributed by atoms with Gasteiger partial charge in [-0.25, -0.2) is 13.6 Å². The zero-order valence-corrected chi connectivity index (χ0v) is 12.1. The molecule has 20 heavy (non-hydrogen) atoms. The highest BCUT2D eigenvalue weighted by Gasteiger charge is 2.29. The van der Waals surface area contributed by atoms with Crippen molar-refractivity contribution in [3.63, 3.8) is 0 Å². The summed E-state index contributed by atoms with van der Waals surface area (Å²) in [6.45, 7) is 1.65. The van der Waals surface area contributed by atoms with Gasteiger partial charge in [0.1, 0.15) is 0 Å². The van der Waals surface area contributed by atoms with Crippen molar-refractivity contribution in [3.05, 3.63) is 23.8 Å². The standard InChI is InChI=1S/C13H19N3O3S/c1-8-2-5-10(6-12(8)20(15,18)19)16-13(17)7-11(14)9-3-4-9/h2,5-6,9,11H,3-4,7,14H2,1H3,(H,16,17)(H2,15,18,19). The molecule has 0 heterocycles. The summed E-state index contributed by atoms with van der Waals surface area (Å²) in [5, 5.41) is 7.78. The van der Waals surface area contributed by atoms with Crippen molar-refractivity contribution in [2.24, 2.45) is 16.8 Å². The van der Waals surface area contributed by atoms with Crippen LogP contribution in [0, 0.1) is 12.8 Å². The van der Waals surface area contributed by atoms with E-state index in [0.29, 0.717) is 17.2 Å². The maximum atomic E-state index is 11.8. The molecule has 1 aromatic carbocycles. The molecule has 0 aliphatic heterocycles. The van der Waals surface area contributed by atoms with Gasteiger partial charge in [-0.15, -0.1) is 0 Å². The maximum Gasteiger partial charge on any atom is 0.238 e. The number of rotatable bonds is 5. The smallest absolute Gasteiger partial charge is 0.238 e. The second-order valence-electron chi connectivity index (χ2n) is 5.28. The Kier molecular flexibility index (Phi) is 4.12. The van der Waals surface area contributed by atoms with E-state index in [1.807, 2.05) is 0 Å². The van der Waals surface area contributed by atoms with Crippen molar-refractivity contribution in [2.75, 3.05) is 5.32 Å². The van der Waals surface area contributed by atoms with Crippen LogP contribution in [0.4, 0.5) is 5.69 Å². The Morgan fingerprint density at radius 2 is 2.10 bits per heavy atom. The third-order valence-electron chi connectivity index (χ3n) is 3.43. The van der Waals surface area contributed by atoms with Crippen LogP contribution in [0.25, 0.3) is 0 Å². The molecule has 1 unspecified atom stereocenters. The van der Waals surface area contributed by atoms with Crippen LogP contribution >= 0.6 is 0 Å². The number of primary sulfonamides is 1. The van der Waals surface area contributed by atoms with E-state index in [4.69, 9.17) is 10.9 Å². The average Bonchev–Trinajstić information content (AvgIpc) is 3.13. The monoisotopic (exact) mass is 297 g/mol. The lowest BCUT2D eigenvalue weighted by atomic mass is 10.1. The lowest BCUT2D eigenvalue weighted by molar-refractivity contribution is -0.116. The first-order valence-electron chi connectivity index (χ1n) is 6.46. The SMILES string of the molecule is Cc1ccc(NC(=O)CC(N)C2CC2)cc1S(N)(=O)=O. The van der Waals surface area contributed by atoms with Crippen molar-refractivity contribution >= 4 is 21.6 Å². The van der Waals surface area contributed by atoms with E-state index in [-0.39, 0.29) is 23.3 Å². The topological polar surface area (TPSA) is 115 Å². The Morgan fingerprint density at radius 1 is 1.45 bits per heavy atom. The number of nitrogens with one attached hydrogen (secondary N) is 1. The highest BCUT2D eigenvalue weighted by Crippen LogP contribution is 2.32. The molecule has 5 N–H and O–H groups in total. The molecule has 2 rings (SSSR count). The zero-order chi connectivity index (χ0) is 14.9. The second kappa shape index (κ2) is 5.51. The van der Waals surface area contributed by atoms with Gasteiger partial charge in [-0.3, -0.25) is 4.79 Å². The molecular formula is C13H19N3O3S. The summed E-state index contributed by atoms with van der Waals surface area (Å²) in [7, 11) is -3.79. The second-order valence-corrected chi connectivity index (χ2v) is 6.81. The molecule has 1 amide bonds. The molecule has 1 aliphatic rings. The fourth-order valence-corrected chi connectivity index (χ4v) is 2.91. The lowest BCUT2D eigenvalue weighted by Crippen LogP contribution is -2.28. The van der Waals surface area contributed by atoms with Crippen molar-refractivity contribution in [1.82, 2.24) is 0 Å². The number of anilines is 1. The molecule has 1 aliphatic carbocycles. The summed E-state index contributed by atoms with van der Waals surface area (Å²) >= 11 is 0. The van der Waals surface area contributed by atoms with Gasteiger partial charge in [0.25, 0.3) is 0 Å². The molecule has 0 saturated heterocycles. The van der Waals surface area contributed by atoms with Gasteiger partial charge in [-0.2, -0.15) is 0 Å². The number of hydrogen-bond donors (Lipinski definition) is 3. The van der Waals surface area contributed by atoms with Gasteiger partial charge in [0.15, 0.2) is 0 Å². The summed E-state index contributed by atoms with van der Waals surface area (Å²) in [5.41, 5.74) is 6.83. The zero-order valence-electron chi connectivity index (χ0n) is 11.3. The summed E-state index contributed by atoms with van der Waals surface area (Å²) in [4.78, 5) is 11.8. The Bertz CT molecular complexity index is 624. The number of aryl methyl sites for hydroxylation is 1. The van der Waals surface area contributed by atoms with E-state index in [1.165, 1.54) is 6.07 Å². The average molecular weight is 297 g/mol. The number of carbonyl (C=O) groups excluding carboxylic acids is 1. The molecular weight excluding hydrogens is 278 g/mol. The molecule has 1 atom stereocenters. The van der Waals surface area contributed by atoms with E-state index < -0.39 is 10.0 Å². The normalized spacial score (nSPS) is 16.8. The van der Waals surface area contributed by atoms with E-state index in [1.54, 1.807) is 19.1 Å². The number of sulfonamides is 1. The predicted molar refractivity (Wildman–Crippen MR) is 76.5 cm³/mol. The minimum absolute atomic E-state index is 0.0155. The minimum atomic E-state index is -3.79. The first-order valence-corrected chi connectivity index (χ1v) is 8.01. The highest BCUT2D eigenvalue weighted by molar-refractivity contribution is 7.89. The molecule has 0 spiro atoms. The third-order valence-corrected chi connectivity index (χ3v) is 4.48. The van der Waals surface area contributed by atoms with Crippen molar-refractivity contribution in [2.45, 2.75) is 37.1 Å². The van der Waals surface area contributed by atoms with Gasteiger partial charge >= 0.3 is 0 Å². The Hall–Kier alpha value is -1.44. The van der Waals surface area contributed by atoms with Crippen molar-refractivity contribution in [3.8, 4) is 0 Å². The van der Waals surface area contributed by atoms with Crippen LogP contribution in [0.3, 0.4) is 0 Å². The van der Waals surface area contributed by atoms with E-state index in [2.05, 4.69) is 5.32 Å². The molecule has 1 fully saturated rings. The van der Waals surface area contributed by atoms with Gasteiger partial charge < -0.3 is 11.1 Å². The van der Waals surface area contributed by atoms with Crippen LogP contribution in [0.1, 0.15) is 24.8 Å². The van der Waals surface area contributed by atoms with E-state index >= 15 is 0 Å². The van der Waals surface area contributed by atoms with Crippen molar-refractivity contribution in [1.29, 1.82) is 0 Å². The fraction of sp³-hybridized carbons (Fsp3) is 0.462. The van der Waals surface area contributed by atoms with Crippen LogP contribution in [-0.2, 0) is 14.8 Å². The van der Waals surface area contributed by atoms with Gasteiger partial charge in [0, 0.05) is 18.2 Å². The van der Waals surface area contributed by atoms with Crippen LogP contribution < -0.4 is 16.2 Å². The number of nitrogens with two attached hydrogens (primary N) is 2. The van der Waals surface area contributed by atoms with E-state index in [9.17, 15) is 13.2 Å². The summed E-state index contributed by atoms with van der Waals surface area (Å²) in [6.07, 6.45) is 2.40. The first-order chi connectivity index (χ1) is 9.27. The van der Waals surface area contributed by atoms with Gasteiger partial charge in [-0.1, -0.05) is 6.07 Å². The number of amides is 1. The highest BCUT2D eigenvalue weighted by atomic mass is 32.2. The molecule has 0 radical (unpaired) electrons. The molecule has 6 nitrogen and oxygen atoms in total. The first kappa shape index (κ1) is 15.0. The summed E-state index contributed by atoms with van der Waals surface area (Å²) in [6, 6.07) is 4.49. The molecule has 1 aromatic rings. The van der Waals surface area contributed by atoms with Crippen LogP contribution in [0.5, 0.6) is 0 Å². The molecule has 0 bridgehead atoms. The molecule has 1 saturated carbocycles. The van der Waals surface area contributed by atoms with Gasteiger partial charge in [0.2, 0.25) is 15.9 Å². The Morgan fingerprint density at radius 3 is 2.65 bits per heavy atom.